The highest BCUT2D eigenvalue weighted by molar-refractivity contribution is 7.97. The molecule has 3 aromatic rings. The zero-order chi connectivity index (χ0) is 20.9. The molecule has 0 bridgehead atoms. The van der Waals surface area contributed by atoms with E-state index in [1.165, 1.54) is 11.9 Å². The number of hydrogen-bond acceptors (Lipinski definition) is 4. The number of likely N-dealkylation sites (tertiary alicyclic amines) is 1. The summed E-state index contributed by atoms with van der Waals surface area (Å²) >= 11 is 7.81. The van der Waals surface area contributed by atoms with Gasteiger partial charge in [0.2, 0.25) is 5.91 Å². The number of aromatic amines is 1. The third-order valence-corrected chi connectivity index (χ3v) is 7.09. The van der Waals surface area contributed by atoms with Crippen LogP contribution >= 0.6 is 23.5 Å². The van der Waals surface area contributed by atoms with Gasteiger partial charge in [-0.05, 0) is 73.9 Å². The number of carbonyl (C=O) groups is 1. The number of piperidine rings is 1. The lowest BCUT2D eigenvalue weighted by atomic mass is 9.98. The Balaban J connectivity index is 1.48. The van der Waals surface area contributed by atoms with Crippen LogP contribution in [-0.4, -0.2) is 39.9 Å². The molecular formula is C23H27ClN4OS. The number of fused-ring (bicyclic) bond motifs is 1. The summed E-state index contributed by atoms with van der Waals surface area (Å²) in [5.41, 5.74) is 1.93. The number of nitrogens with zero attached hydrogens (tertiary/aromatic N) is 2. The molecule has 0 aliphatic carbocycles. The van der Waals surface area contributed by atoms with Crippen molar-refractivity contribution in [2.75, 3.05) is 13.1 Å². The minimum absolute atomic E-state index is 0.169. The molecule has 3 heterocycles. The predicted molar refractivity (Wildman–Crippen MR) is 124 cm³/mol. The Hall–Kier alpha value is -2.02. The Morgan fingerprint density at radius 1 is 1.30 bits per heavy atom. The Kier molecular flexibility index (Phi) is 6.97. The first kappa shape index (κ1) is 21.2. The molecule has 1 unspecified atom stereocenters. The smallest absolute Gasteiger partial charge is 0.240 e. The highest BCUT2D eigenvalue weighted by Gasteiger charge is 2.27. The van der Waals surface area contributed by atoms with E-state index in [0.717, 1.165) is 47.4 Å². The van der Waals surface area contributed by atoms with E-state index < -0.39 is 0 Å². The number of H-pyrrole nitrogens is 1. The SMILES string of the molecule is CC1CCN(C(=O)C(CCc2ncccc2Cl)NSc2cccc3[nH]ccc23)CC1. The van der Waals surface area contributed by atoms with Crippen LogP contribution < -0.4 is 4.72 Å². The minimum Gasteiger partial charge on any atom is -0.361 e. The number of hydrogen-bond donors (Lipinski definition) is 2. The van der Waals surface area contributed by atoms with Gasteiger partial charge in [0.1, 0.15) is 0 Å². The average Bonchev–Trinajstić information content (AvgIpc) is 3.24. The first-order valence-corrected chi connectivity index (χ1v) is 11.7. The van der Waals surface area contributed by atoms with Crippen LogP contribution in [0.15, 0.2) is 53.7 Å². The van der Waals surface area contributed by atoms with E-state index in [9.17, 15) is 4.79 Å². The summed E-state index contributed by atoms with van der Waals surface area (Å²) < 4.78 is 3.46. The maximum absolute atomic E-state index is 13.3. The topological polar surface area (TPSA) is 61.0 Å². The van der Waals surface area contributed by atoms with Gasteiger partial charge in [-0.3, -0.25) is 9.78 Å². The lowest BCUT2D eigenvalue weighted by Gasteiger charge is -2.33. The summed E-state index contributed by atoms with van der Waals surface area (Å²) in [4.78, 5) is 24.1. The molecule has 2 N–H and O–H groups in total. The van der Waals surface area contributed by atoms with Crippen molar-refractivity contribution in [2.45, 2.75) is 43.5 Å². The van der Waals surface area contributed by atoms with Gasteiger partial charge in [-0.1, -0.05) is 24.6 Å². The highest BCUT2D eigenvalue weighted by Crippen LogP contribution is 2.27. The van der Waals surface area contributed by atoms with Crippen LogP contribution in [0.2, 0.25) is 5.02 Å². The van der Waals surface area contributed by atoms with Crippen LogP contribution in [0.3, 0.4) is 0 Å². The molecule has 1 fully saturated rings. The van der Waals surface area contributed by atoms with E-state index in [-0.39, 0.29) is 11.9 Å². The van der Waals surface area contributed by atoms with Crippen LogP contribution in [-0.2, 0) is 11.2 Å². The van der Waals surface area contributed by atoms with E-state index >= 15 is 0 Å². The number of nitrogens with one attached hydrogen (secondary N) is 2. The second kappa shape index (κ2) is 9.86. The van der Waals surface area contributed by atoms with Crippen molar-refractivity contribution in [3.05, 3.63) is 59.5 Å². The third-order valence-electron chi connectivity index (χ3n) is 5.76. The van der Waals surface area contributed by atoms with E-state index in [1.807, 2.05) is 29.3 Å². The van der Waals surface area contributed by atoms with Crippen molar-refractivity contribution in [3.63, 3.8) is 0 Å². The van der Waals surface area contributed by atoms with Gasteiger partial charge in [-0.15, -0.1) is 0 Å². The fourth-order valence-electron chi connectivity index (χ4n) is 3.85. The van der Waals surface area contributed by atoms with E-state index in [1.54, 1.807) is 6.20 Å². The monoisotopic (exact) mass is 442 g/mol. The quantitative estimate of drug-likeness (QED) is 0.501. The Bertz CT molecular complexity index is 1000. The van der Waals surface area contributed by atoms with Gasteiger partial charge in [0.15, 0.2) is 0 Å². The molecule has 158 valence electrons. The average molecular weight is 443 g/mol. The number of carbonyl (C=O) groups excluding carboxylic acids is 1. The minimum atomic E-state index is -0.296. The number of halogens is 1. The molecule has 4 rings (SSSR count). The summed E-state index contributed by atoms with van der Waals surface area (Å²) in [6, 6.07) is 11.6. The predicted octanol–water partition coefficient (Wildman–Crippen LogP) is 5.07. The normalized spacial score (nSPS) is 16.1. The molecule has 1 aliphatic heterocycles. The third kappa shape index (κ3) is 4.99. The molecule has 0 radical (unpaired) electrons. The van der Waals surface area contributed by atoms with Crippen molar-refractivity contribution in [3.8, 4) is 0 Å². The summed E-state index contributed by atoms with van der Waals surface area (Å²) in [5.74, 6) is 0.857. The van der Waals surface area contributed by atoms with Crippen LogP contribution in [0.25, 0.3) is 10.9 Å². The Morgan fingerprint density at radius 3 is 2.93 bits per heavy atom. The molecule has 1 atom stereocenters. The zero-order valence-corrected chi connectivity index (χ0v) is 18.7. The molecule has 1 aliphatic rings. The van der Waals surface area contributed by atoms with E-state index in [2.05, 4.69) is 39.8 Å². The standard InChI is InChI=1S/C23H27ClN4OS/c1-16-10-14-28(15-11-16)23(29)21(8-7-20-18(24)4-3-12-25-20)27-30-22-6-2-5-19-17(22)9-13-26-19/h2-6,9,12-13,16,21,26-27H,7-8,10-11,14-15H2,1H3. The first-order chi connectivity index (χ1) is 14.6. The van der Waals surface area contributed by atoms with Crippen LogP contribution in [0.4, 0.5) is 0 Å². The molecule has 1 amide bonds. The number of aromatic nitrogens is 2. The summed E-state index contributed by atoms with van der Waals surface area (Å²) in [7, 11) is 0. The van der Waals surface area contributed by atoms with Crippen LogP contribution in [0.1, 0.15) is 31.9 Å². The molecule has 1 saturated heterocycles. The number of benzene rings is 1. The molecule has 2 aromatic heterocycles. The van der Waals surface area contributed by atoms with E-state index in [4.69, 9.17) is 11.6 Å². The zero-order valence-electron chi connectivity index (χ0n) is 17.1. The number of aryl methyl sites for hydroxylation is 1. The maximum atomic E-state index is 13.3. The van der Waals surface area contributed by atoms with Crippen molar-refractivity contribution in [1.29, 1.82) is 0 Å². The first-order valence-electron chi connectivity index (χ1n) is 10.5. The summed E-state index contributed by atoms with van der Waals surface area (Å²) in [6.45, 7) is 3.93. The molecule has 1 aromatic carbocycles. The number of pyridine rings is 1. The maximum Gasteiger partial charge on any atom is 0.240 e. The Morgan fingerprint density at radius 2 is 2.13 bits per heavy atom. The van der Waals surface area contributed by atoms with Crippen molar-refractivity contribution < 1.29 is 4.79 Å². The van der Waals surface area contributed by atoms with Gasteiger partial charge in [-0.2, -0.15) is 0 Å². The lowest BCUT2D eigenvalue weighted by molar-refractivity contribution is -0.134. The van der Waals surface area contributed by atoms with Crippen molar-refractivity contribution in [1.82, 2.24) is 19.6 Å². The highest BCUT2D eigenvalue weighted by atomic mass is 35.5. The van der Waals surface area contributed by atoms with Crippen LogP contribution in [0, 0.1) is 5.92 Å². The van der Waals surface area contributed by atoms with Gasteiger partial charge < -0.3 is 9.88 Å². The molecule has 5 nitrogen and oxygen atoms in total. The van der Waals surface area contributed by atoms with Gasteiger partial charge in [-0.25, -0.2) is 4.72 Å². The second-order valence-electron chi connectivity index (χ2n) is 7.95. The number of rotatable bonds is 7. The van der Waals surface area contributed by atoms with Crippen molar-refractivity contribution in [2.24, 2.45) is 5.92 Å². The second-order valence-corrected chi connectivity index (χ2v) is 9.23. The fourth-order valence-corrected chi connectivity index (χ4v) is 4.98. The molecule has 0 spiro atoms. The van der Waals surface area contributed by atoms with Gasteiger partial charge in [0.25, 0.3) is 0 Å². The van der Waals surface area contributed by atoms with Gasteiger partial charge in [0, 0.05) is 41.3 Å². The fraction of sp³-hybridized carbons (Fsp3) is 0.391. The molecular weight excluding hydrogens is 416 g/mol. The largest absolute Gasteiger partial charge is 0.361 e. The molecule has 7 heteroatoms. The number of amides is 1. The summed E-state index contributed by atoms with van der Waals surface area (Å²) in [6.07, 6.45) is 7.13. The summed E-state index contributed by atoms with van der Waals surface area (Å²) in [5, 5.41) is 1.81. The van der Waals surface area contributed by atoms with E-state index in [0.29, 0.717) is 23.8 Å². The lowest BCUT2D eigenvalue weighted by Crippen LogP contribution is -2.47. The van der Waals surface area contributed by atoms with Crippen LogP contribution in [0.5, 0.6) is 0 Å². The molecule has 30 heavy (non-hydrogen) atoms. The Labute approximate surface area is 186 Å². The van der Waals surface area contributed by atoms with Gasteiger partial charge >= 0.3 is 0 Å². The van der Waals surface area contributed by atoms with Crippen molar-refractivity contribution >= 4 is 40.4 Å². The molecule has 0 saturated carbocycles. The van der Waals surface area contributed by atoms with Gasteiger partial charge in [0.05, 0.1) is 16.8 Å².